The van der Waals surface area contributed by atoms with Gasteiger partial charge in [-0.15, -0.1) is 11.3 Å². The second-order valence-corrected chi connectivity index (χ2v) is 10.2. The van der Waals surface area contributed by atoms with E-state index < -0.39 is 17.8 Å². The molecule has 198 valence electrons. The minimum atomic E-state index is -0.936. The van der Waals surface area contributed by atoms with E-state index in [0.717, 1.165) is 46.2 Å². The summed E-state index contributed by atoms with van der Waals surface area (Å²) >= 11 is 1.30. The van der Waals surface area contributed by atoms with Gasteiger partial charge in [0.1, 0.15) is 17.4 Å². The van der Waals surface area contributed by atoms with Crippen molar-refractivity contribution in [3.8, 4) is 5.75 Å². The van der Waals surface area contributed by atoms with Crippen molar-refractivity contribution in [2.24, 2.45) is 5.10 Å². The Bertz CT molecular complexity index is 1580. The predicted molar refractivity (Wildman–Crippen MR) is 151 cm³/mol. The number of thiophene rings is 1. The molecule has 2 amide bonds. The van der Waals surface area contributed by atoms with Gasteiger partial charge in [-0.1, -0.05) is 42.5 Å². The number of hydrogen-bond acceptors (Lipinski definition) is 7. The standard InChI is InChI=1S/C30H27N3O5S/c1-18(19-13-15-22(16-14-19)38-17-21-9-5-8-20-7-3-4-10-23(20)21)32-33-28(35)27(34)31-29-26(30(36)37-2)24-11-6-12-25(24)39-29/h3-5,7-10,13-16H,6,11-12,17H2,1-2H3,(H,31,34)(H,33,35)/b32-18+. The molecule has 4 aromatic rings. The first-order valence-corrected chi connectivity index (χ1v) is 13.3. The number of aryl methyl sites for hydroxylation is 1. The van der Waals surface area contributed by atoms with Crippen molar-refractivity contribution >= 4 is 50.6 Å². The van der Waals surface area contributed by atoms with Gasteiger partial charge in [0.05, 0.1) is 18.4 Å². The highest BCUT2D eigenvalue weighted by molar-refractivity contribution is 7.17. The van der Waals surface area contributed by atoms with Crippen molar-refractivity contribution in [1.29, 1.82) is 0 Å². The summed E-state index contributed by atoms with van der Waals surface area (Å²) in [4.78, 5) is 38.2. The van der Waals surface area contributed by atoms with Crippen LogP contribution in [0.3, 0.4) is 0 Å². The molecule has 0 saturated heterocycles. The number of hydrazone groups is 1. The van der Waals surface area contributed by atoms with Gasteiger partial charge in [-0.05, 0) is 77.9 Å². The minimum absolute atomic E-state index is 0.325. The van der Waals surface area contributed by atoms with Gasteiger partial charge in [-0.2, -0.15) is 5.10 Å². The molecule has 0 radical (unpaired) electrons. The summed E-state index contributed by atoms with van der Waals surface area (Å²) in [5.74, 6) is -1.67. The average Bonchev–Trinajstić information content (AvgIpc) is 3.55. The van der Waals surface area contributed by atoms with E-state index in [0.29, 0.717) is 28.6 Å². The Balaban J connectivity index is 1.18. The van der Waals surface area contributed by atoms with E-state index in [1.807, 2.05) is 48.5 Å². The molecule has 8 nitrogen and oxygen atoms in total. The summed E-state index contributed by atoms with van der Waals surface area (Å²) in [6.07, 6.45) is 2.53. The van der Waals surface area contributed by atoms with Gasteiger partial charge in [0.15, 0.2) is 0 Å². The molecule has 39 heavy (non-hydrogen) atoms. The maximum absolute atomic E-state index is 12.5. The monoisotopic (exact) mass is 541 g/mol. The third kappa shape index (κ3) is 5.68. The van der Waals surface area contributed by atoms with Crippen molar-refractivity contribution in [3.63, 3.8) is 0 Å². The van der Waals surface area contributed by atoms with Crippen LogP contribution >= 0.6 is 11.3 Å². The Hall–Kier alpha value is -4.50. The first kappa shape index (κ1) is 26.1. The Labute approximate surface area is 229 Å². The van der Waals surface area contributed by atoms with Gasteiger partial charge in [0.2, 0.25) is 0 Å². The van der Waals surface area contributed by atoms with E-state index in [4.69, 9.17) is 9.47 Å². The summed E-state index contributed by atoms with van der Waals surface area (Å²) in [5, 5.41) is 9.26. The number of anilines is 1. The molecule has 2 N–H and O–H groups in total. The maximum Gasteiger partial charge on any atom is 0.341 e. The van der Waals surface area contributed by atoms with Crippen LogP contribution in [0, 0.1) is 0 Å². The second-order valence-electron chi connectivity index (χ2n) is 9.10. The predicted octanol–water partition coefficient (Wildman–Crippen LogP) is 5.23. The zero-order chi connectivity index (χ0) is 27.4. The molecule has 0 aliphatic heterocycles. The van der Waals surface area contributed by atoms with Gasteiger partial charge >= 0.3 is 17.8 Å². The van der Waals surface area contributed by atoms with Crippen LogP contribution in [0.25, 0.3) is 10.8 Å². The van der Waals surface area contributed by atoms with Crippen molar-refractivity contribution in [2.45, 2.75) is 32.8 Å². The summed E-state index contributed by atoms with van der Waals surface area (Å²) in [6.45, 7) is 2.16. The molecule has 0 bridgehead atoms. The van der Waals surface area contributed by atoms with Crippen molar-refractivity contribution in [3.05, 3.63) is 93.9 Å². The SMILES string of the molecule is COC(=O)c1c(NC(=O)C(=O)N/N=C(\C)c2ccc(OCc3cccc4ccccc34)cc2)sc2c1CCC2. The van der Waals surface area contributed by atoms with E-state index in [-0.39, 0.29) is 0 Å². The van der Waals surface area contributed by atoms with Crippen molar-refractivity contribution < 1.29 is 23.9 Å². The topological polar surface area (TPSA) is 106 Å². The van der Waals surface area contributed by atoms with Gasteiger partial charge in [0, 0.05) is 4.88 Å². The number of fused-ring (bicyclic) bond motifs is 2. The Morgan fingerprint density at radius 2 is 1.72 bits per heavy atom. The third-order valence-corrected chi connectivity index (χ3v) is 7.82. The zero-order valence-electron chi connectivity index (χ0n) is 21.6. The molecule has 1 heterocycles. The van der Waals surface area contributed by atoms with E-state index in [1.165, 1.54) is 23.8 Å². The molecule has 0 saturated carbocycles. The number of carbonyl (C=O) groups is 3. The van der Waals surface area contributed by atoms with Gasteiger partial charge < -0.3 is 14.8 Å². The lowest BCUT2D eigenvalue weighted by Gasteiger charge is -2.10. The van der Waals surface area contributed by atoms with E-state index in [2.05, 4.69) is 34.0 Å². The smallest absolute Gasteiger partial charge is 0.341 e. The number of nitrogens with one attached hydrogen (secondary N) is 2. The lowest BCUT2D eigenvalue weighted by atomic mass is 10.1. The number of ether oxygens (including phenoxy) is 2. The fraction of sp³-hybridized carbons (Fsp3) is 0.200. The lowest BCUT2D eigenvalue weighted by molar-refractivity contribution is -0.136. The first-order chi connectivity index (χ1) is 18.9. The van der Waals surface area contributed by atoms with Crippen molar-refractivity contribution in [1.82, 2.24) is 5.43 Å². The van der Waals surface area contributed by atoms with Crippen LogP contribution in [0.15, 0.2) is 71.8 Å². The molecule has 5 rings (SSSR count). The van der Waals surface area contributed by atoms with E-state index >= 15 is 0 Å². The fourth-order valence-electron chi connectivity index (χ4n) is 4.59. The highest BCUT2D eigenvalue weighted by atomic mass is 32.1. The summed E-state index contributed by atoms with van der Waals surface area (Å²) in [5.41, 5.74) is 5.88. The second kappa shape index (κ2) is 11.5. The van der Waals surface area contributed by atoms with Crippen LogP contribution in [-0.4, -0.2) is 30.6 Å². The molecule has 1 aliphatic rings. The highest BCUT2D eigenvalue weighted by Gasteiger charge is 2.29. The van der Waals surface area contributed by atoms with E-state index in [9.17, 15) is 14.4 Å². The molecule has 1 aliphatic carbocycles. The summed E-state index contributed by atoms with van der Waals surface area (Å²) < 4.78 is 10.9. The van der Waals surface area contributed by atoms with Gasteiger partial charge in [-0.3, -0.25) is 9.59 Å². The molecule has 0 atom stereocenters. The molecule has 1 aromatic heterocycles. The Kier molecular flexibility index (Phi) is 7.69. The van der Waals surface area contributed by atoms with Crippen LogP contribution < -0.4 is 15.5 Å². The Morgan fingerprint density at radius 3 is 2.51 bits per heavy atom. The molecule has 0 unspecified atom stereocenters. The molecular weight excluding hydrogens is 514 g/mol. The number of benzene rings is 3. The number of esters is 1. The van der Waals surface area contributed by atoms with Crippen LogP contribution in [0.4, 0.5) is 5.00 Å². The van der Waals surface area contributed by atoms with Crippen LogP contribution in [0.5, 0.6) is 5.75 Å². The summed E-state index contributed by atoms with van der Waals surface area (Å²) in [6, 6.07) is 21.7. The van der Waals surface area contributed by atoms with E-state index in [1.54, 1.807) is 6.92 Å². The molecular formula is C30H27N3O5S. The van der Waals surface area contributed by atoms with Crippen molar-refractivity contribution in [2.75, 3.05) is 12.4 Å². The van der Waals surface area contributed by atoms with Gasteiger partial charge in [-0.25, -0.2) is 10.2 Å². The lowest BCUT2D eigenvalue weighted by Crippen LogP contribution is -2.33. The fourth-order valence-corrected chi connectivity index (χ4v) is 5.86. The van der Waals surface area contributed by atoms with Crippen LogP contribution in [0.1, 0.15) is 45.3 Å². The third-order valence-electron chi connectivity index (χ3n) is 6.62. The average molecular weight is 542 g/mol. The normalized spacial score (nSPS) is 12.6. The van der Waals surface area contributed by atoms with Gasteiger partial charge in [0.25, 0.3) is 0 Å². The number of methoxy groups -OCH3 is 1. The maximum atomic E-state index is 12.5. The zero-order valence-corrected chi connectivity index (χ0v) is 22.4. The van der Waals surface area contributed by atoms with Crippen LogP contribution in [-0.2, 0) is 33.8 Å². The highest BCUT2D eigenvalue weighted by Crippen LogP contribution is 2.39. The minimum Gasteiger partial charge on any atom is -0.489 e. The molecule has 3 aromatic carbocycles. The molecule has 0 fully saturated rings. The molecule has 0 spiro atoms. The number of carbonyl (C=O) groups excluding carboxylic acids is 3. The quantitative estimate of drug-likeness (QED) is 0.144. The Morgan fingerprint density at radius 1 is 0.949 bits per heavy atom. The number of hydrogen-bond donors (Lipinski definition) is 2. The van der Waals surface area contributed by atoms with Crippen LogP contribution in [0.2, 0.25) is 0 Å². The molecule has 9 heteroatoms. The largest absolute Gasteiger partial charge is 0.489 e. The number of nitrogens with zero attached hydrogens (tertiary/aromatic N) is 1. The summed E-state index contributed by atoms with van der Waals surface area (Å²) in [7, 11) is 1.29. The number of rotatable bonds is 7. The first-order valence-electron chi connectivity index (χ1n) is 12.5. The number of amides is 2.